The first-order chi connectivity index (χ1) is 9.58. The van der Waals surface area contributed by atoms with Gasteiger partial charge in [0.15, 0.2) is 0 Å². The monoisotopic (exact) mass is 274 g/mol. The van der Waals surface area contributed by atoms with Crippen LogP contribution in [-0.4, -0.2) is 36.1 Å². The number of hydrogen-bond donors (Lipinski definition) is 1. The van der Waals surface area contributed by atoms with E-state index in [1.165, 1.54) is 24.9 Å². The van der Waals surface area contributed by atoms with Crippen LogP contribution in [0.25, 0.3) is 0 Å². The molecule has 3 unspecified atom stereocenters. The maximum atomic E-state index is 3.63. The lowest BCUT2D eigenvalue weighted by atomic mass is 9.95. The largest absolute Gasteiger partial charge is 0.311 e. The quantitative estimate of drug-likeness (QED) is 0.886. The zero-order chi connectivity index (χ0) is 14.5. The molecule has 0 amide bonds. The molecule has 1 aromatic carbocycles. The molecule has 20 heavy (non-hydrogen) atoms. The van der Waals surface area contributed by atoms with Gasteiger partial charge >= 0.3 is 0 Å². The fourth-order valence-corrected chi connectivity index (χ4v) is 3.27. The van der Waals surface area contributed by atoms with Gasteiger partial charge in [-0.2, -0.15) is 0 Å². The highest BCUT2D eigenvalue weighted by molar-refractivity contribution is 5.14. The van der Waals surface area contributed by atoms with E-state index in [1.807, 2.05) is 0 Å². The minimum absolute atomic E-state index is 0.615. The molecule has 112 valence electrons. The maximum absolute atomic E-state index is 3.63. The lowest BCUT2D eigenvalue weighted by molar-refractivity contribution is 0.0626. The molecule has 0 aliphatic carbocycles. The first kappa shape index (κ1) is 15.5. The van der Waals surface area contributed by atoms with Crippen LogP contribution in [0.5, 0.6) is 0 Å². The second-order valence-electron chi connectivity index (χ2n) is 6.69. The minimum Gasteiger partial charge on any atom is -0.311 e. The summed E-state index contributed by atoms with van der Waals surface area (Å²) in [5, 5.41) is 3.63. The van der Waals surface area contributed by atoms with Crippen molar-refractivity contribution in [3.63, 3.8) is 0 Å². The van der Waals surface area contributed by atoms with Crippen molar-refractivity contribution in [2.24, 2.45) is 5.92 Å². The van der Waals surface area contributed by atoms with Crippen LogP contribution in [0.3, 0.4) is 0 Å². The molecular weight excluding hydrogens is 244 g/mol. The van der Waals surface area contributed by atoms with Gasteiger partial charge in [-0.1, -0.05) is 44.2 Å². The molecule has 0 aromatic heterocycles. The van der Waals surface area contributed by atoms with Crippen molar-refractivity contribution < 1.29 is 0 Å². The van der Waals surface area contributed by atoms with Crippen molar-refractivity contribution in [3.8, 4) is 0 Å². The fraction of sp³-hybridized carbons (Fsp3) is 0.667. The molecule has 1 aliphatic rings. The SMILES string of the molecule is CC1CN(C(C)CCc2ccccc2)C(C(C)C)CN1. The third kappa shape index (κ3) is 4.07. The van der Waals surface area contributed by atoms with E-state index in [-0.39, 0.29) is 0 Å². The molecule has 3 atom stereocenters. The molecule has 1 N–H and O–H groups in total. The van der Waals surface area contributed by atoms with E-state index in [4.69, 9.17) is 0 Å². The maximum Gasteiger partial charge on any atom is 0.0247 e. The third-order valence-electron chi connectivity index (χ3n) is 4.62. The van der Waals surface area contributed by atoms with Crippen LogP contribution in [0.4, 0.5) is 0 Å². The van der Waals surface area contributed by atoms with Crippen molar-refractivity contribution in [1.82, 2.24) is 10.2 Å². The van der Waals surface area contributed by atoms with Crippen molar-refractivity contribution in [2.45, 2.75) is 58.7 Å². The Bertz CT molecular complexity index is 388. The molecule has 2 rings (SSSR count). The van der Waals surface area contributed by atoms with Gasteiger partial charge in [0.25, 0.3) is 0 Å². The van der Waals surface area contributed by atoms with Crippen LogP contribution in [0.1, 0.15) is 39.7 Å². The van der Waals surface area contributed by atoms with Crippen molar-refractivity contribution in [2.75, 3.05) is 13.1 Å². The Balaban J connectivity index is 1.93. The van der Waals surface area contributed by atoms with E-state index in [0.717, 1.165) is 6.54 Å². The second-order valence-corrected chi connectivity index (χ2v) is 6.69. The molecular formula is C18H30N2. The Kier molecular flexibility index (Phi) is 5.62. The average Bonchev–Trinajstić information content (AvgIpc) is 2.45. The van der Waals surface area contributed by atoms with E-state index in [9.17, 15) is 0 Å². The summed E-state index contributed by atoms with van der Waals surface area (Å²) in [6.07, 6.45) is 2.44. The lowest BCUT2D eigenvalue weighted by Gasteiger charge is -2.45. The molecule has 0 radical (unpaired) electrons. The molecule has 1 fully saturated rings. The van der Waals surface area contributed by atoms with Gasteiger partial charge in [-0.25, -0.2) is 0 Å². The first-order valence-electron chi connectivity index (χ1n) is 8.11. The van der Waals surface area contributed by atoms with Crippen LogP contribution in [0, 0.1) is 5.92 Å². The summed E-state index contributed by atoms with van der Waals surface area (Å²) in [4.78, 5) is 2.73. The molecule has 1 saturated heterocycles. The Morgan fingerprint density at radius 3 is 2.55 bits per heavy atom. The van der Waals surface area contributed by atoms with E-state index >= 15 is 0 Å². The predicted octanol–water partition coefficient (Wildman–Crippen LogP) is 3.33. The number of aryl methyl sites for hydroxylation is 1. The van der Waals surface area contributed by atoms with Gasteiger partial charge in [0.2, 0.25) is 0 Å². The Labute approximate surface area is 124 Å². The van der Waals surface area contributed by atoms with E-state index < -0.39 is 0 Å². The van der Waals surface area contributed by atoms with Crippen molar-refractivity contribution >= 4 is 0 Å². The van der Waals surface area contributed by atoms with Gasteiger partial charge in [0.05, 0.1) is 0 Å². The number of benzene rings is 1. The summed E-state index contributed by atoms with van der Waals surface area (Å²) < 4.78 is 0. The lowest BCUT2D eigenvalue weighted by Crippen LogP contribution is -2.59. The number of nitrogens with zero attached hydrogens (tertiary/aromatic N) is 1. The van der Waals surface area contributed by atoms with Crippen LogP contribution in [0.2, 0.25) is 0 Å². The number of rotatable bonds is 5. The van der Waals surface area contributed by atoms with Gasteiger partial charge < -0.3 is 5.32 Å². The standard InChI is InChI=1S/C18H30N2/c1-14(2)18-12-19-15(3)13-20(18)16(4)10-11-17-8-6-5-7-9-17/h5-9,14-16,18-19H,10-13H2,1-4H3. The Hall–Kier alpha value is -0.860. The van der Waals surface area contributed by atoms with Crippen molar-refractivity contribution in [3.05, 3.63) is 35.9 Å². The van der Waals surface area contributed by atoms with Crippen LogP contribution >= 0.6 is 0 Å². The van der Waals surface area contributed by atoms with Gasteiger partial charge in [-0.15, -0.1) is 0 Å². The average molecular weight is 274 g/mol. The smallest absolute Gasteiger partial charge is 0.0247 e. The molecule has 1 aliphatic heterocycles. The first-order valence-corrected chi connectivity index (χ1v) is 8.11. The van der Waals surface area contributed by atoms with Gasteiger partial charge in [-0.3, -0.25) is 4.90 Å². The molecule has 1 heterocycles. The summed E-state index contributed by atoms with van der Waals surface area (Å²) in [7, 11) is 0. The molecule has 1 aromatic rings. The molecule has 0 bridgehead atoms. The highest BCUT2D eigenvalue weighted by Crippen LogP contribution is 2.20. The van der Waals surface area contributed by atoms with Gasteiger partial charge in [0.1, 0.15) is 0 Å². The predicted molar refractivity (Wildman–Crippen MR) is 87.0 cm³/mol. The zero-order valence-corrected chi connectivity index (χ0v) is 13.5. The second kappa shape index (κ2) is 7.24. The van der Waals surface area contributed by atoms with E-state index in [1.54, 1.807) is 0 Å². The zero-order valence-electron chi connectivity index (χ0n) is 13.5. The normalized spacial score (nSPS) is 25.9. The summed E-state index contributed by atoms with van der Waals surface area (Å²) in [5.74, 6) is 0.717. The summed E-state index contributed by atoms with van der Waals surface area (Å²) in [6.45, 7) is 11.7. The minimum atomic E-state index is 0.615. The highest BCUT2D eigenvalue weighted by Gasteiger charge is 2.30. The summed E-state index contributed by atoms with van der Waals surface area (Å²) in [6, 6.07) is 12.8. The molecule has 0 saturated carbocycles. The third-order valence-corrected chi connectivity index (χ3v) is 4.62. The highest BCUT2D eigenvalue weighted by atomic mass is 15.3. The van der Waals surface area contributed by atoms with E-state index in [0.29, 0.717) is 24.0 Å². The Morgan fingerprint density at radius 1 is 1.20 bits per heavy atom. The fourth-order valence-electron chi connectivity index (χ4n) is 3.27. The molecule has 0 spiro atoms. The van der Waals surface area contributed by atoms with Crippen molar-refractivity contribution in [1.29, 1.82) is 0 Å². The van der Waals surface area contributed by atoms with Crippen LogP contribution in [-0.2, 0) is 6.42 Å². The molecule has 2 heteroatoms. The molecule has 2 nitrogen and oxygen atoms in total. The summed E-state index contributed by atoms with van der Waals surface area (Å²) >= 11 is 0. The Morgan fingerprint density at radius 2 is 1.90 bits per heavy atom. The van der Waals surface area contributed by atoms with Crippen LogP contribution in [0.15, 0.2) is 30.3 Å². The number of piperazine rings is 1. The van der Waals surface area contributed by atoms with Crippen LogP contribution < -0.4 is 5.32 Å². The summed E-state index contributed by atoms with van der Waals surface area (Å²) in [5.41, 5.74) is 1.46. The van der Waals surface area contributed by atoms with Gasteiger partial charge in [0, 0.05) is 31.2 Å². The topological polar surface area (TPSA) is 15.3 Å². The number of hydrogen-bond acceptors (Lipinski definition) is 2. The van der Waals surface area contributed by atoms with Gasteiger partial charge in [-0.05, 0) is 38.2 Å². The van der Waals surface area contributed by atoms with E-state index in [2.05, 4.69) is 68.2 Å². The number of nitrogens with one attached hydrogen (secondary N) is 1.